The van der Waals surface area contributed by atoms with E-state index in [1.165, 1.54) is 0 Å². The Bertz CT molecular complexity index is 140. The van der Waals surface area contributed by atoms with E-state index in [1.54, 1.807) is 0 Å². The van der Waals surface area contributed by atoms with Crippen LogP contribution in [0.25, 0.3) is 0 Å². The third-order valence-corrected chi connectivity index (χ3v) is 1.34. The van der Waals surface area contributed by atoms with Crippen LogP contribution in [0.1, 0.15) is 0 Å². The van der Waals surface area contributed by atoms with E-state index in [1.807, 2.05) is 0 Å². The second kappa shape index (κ2) is 1.66. The Labute approximate surface area is 58.1 Å². The van der Waals surface area contributed by atoms with Gasteiger partial charge in [0, 0.05) is 11.8 Å². The van der Waals surface area contributed by atoms with Crippen LogP contribution in [0.4, 0.5) is 13.2 Å². The van der Waals surface area contributed by atoms with E-state index in [0.29, 0.717) is 0 Å². The monoisotopic (exact) mass is 181 g/mol. The Kier molecular flexibility index (Phi) is 1.36. The molecule has 1 aliphatic rings. The first-order chi connectivity index (χ1) is 3.88. The fourth-order valence-corrected chi connectivity index (χ4v) is 0.704. The lowest BCUT2D eigenvalue weighted by Gasteiger charge is -2.41. The summed E-state index contributed by atoms with van der Waals surface area (Å²) in [6, 6.07) is -3.95. The minimum absolute atomic E-state index is 0.472. The standard InChI is InChI=1S/C2Cl2F3NO/c3-1(5)2(6,7)8(4)9-1/t1-/m1/s1. The molecule has 2 nitrogen and oxygen atoms in total. The van der Waals surface area contributed by atoms with Gasteiger partial charge in [-0.15, -0.1) is 0 Å². The van der Waals surface area contributed by atoms with E-state index >= 15 is 0 Å². The fraction of sp³-hybridized carbons (Fsp3) is 1.00. The van der Waals surface area contributed by atoms with Gasteiger partial charge in [0.1, 0.15) is 0 Å². The van der Waals surface area contributed by atoms with Crippen LogP contribution in [0.2, 0.25) is 0 Å². The molecular formula is C2Cl2F3NO. The Morgan fingerprint density at radius 3 is 1.78 bits per heavy atom. The van der Waals surface area contributed by atoms with E-state index < -0.39 is 15.9 Å². The second-order valence-electron chi connectivity index (χ2n) is 1.39. The largest absolute Gasteiger partial charge is 0.414 e. The molecule has 0 aromatic rings. The van der Waals surface area contributed by atoms with Crippen molar-refractivity contribution in [2.45, 2.75) is 11.4 Å². The Morgan fingerprint density at radius 2 is 1.78 bits per heavy atom. The first-order valence-electron chi connectivity index (χ1n) is 1.79. The van der Waals surface area contributed by atoms with Gasteiger partial charge in [0.15, 0.2) is 0 Å². The van der Waals surface area contributed by atoms with Gasteiger partial charge < -0.3 is 0 Å². The molecule has 7 heteroatoms. The summed E-state index contributed by atoms with van der Waals surface area (Å²) >= 11 is 8.99. The molecule has 0 radical (unpaired) electrons. The maximum atomic E-state index is 11.9. The van der Waals surface area contributed by atoms with E-state index in [-0.39, 0.29) is 0 Å². The minimum Gasteiger partial charge on any atom is -0.215 e. The van der Waals surface area contributed by atoms with Crippen molar-refractivity contribution in [3.63, 3.8) is 0 Å². The zero-order valence-corrected chi connectivity index (χ0v) is 5.26. The van der Waals surface area contributed by atoms with E-state index in [4.69, 9.17) is 0 Å². The molecule has 0 unspecified atom stereocenters. The molecule has 0 spiro atoms. The van der Waals surface area contributed by atoms with Crippen molar-refractivity contribution < 1.29 is 18.0 Å². The average Bonchev–Trinajstić information content (AvgIpc) is 1.65. The molecule has 1 heterocycles. The summed E-state index contributed by atoms with van der Waals surface area (Å²) < 4.78 is 35.2. The molecular weight excluding hydrogens is 182 g/mol. The molecule has 0 saturated carbocycles. The van der Waals surface area contributed by atoms with Crippen molar-refractivity contribution in [3.8, 4) is 0 Å². The highest BCUT2D eigenvalue weighted by Crippen LogP contribution is 2.51. The highest BCUT2D eigenvalue weighted by Gasteiger charge is 2.72. The summed E-state index contributed by atoms with van der Waals surface area (Å²) in [6.07, 6.45) is 0. The maximum absolute atomic E-state index is 11.9. The normalized spacial score (nSPS) is 42.3. The predicted molar refractivity (Wildman–Crippen MR) is 23.4 cm³/mol. The molecule has 54 valence electrons. The molecule has 1 rings (SSSR count). The van der Waals surface area contributed by atoms with E-state index in [9.17, 15) is 13.2 Å². The van der Waals surface area contributed by atoms with Gasteiger partial charge in [0.2, 0.25) is 0 Å². The lowest BCUT2D eigenvalue weighted by Crippen LogP contribution is -2.63. The fourth-order valence-electron chi connectivity index (χ4n) is 0.276. The number of halogens is 5. The third-order valence-electron chi connectivity index (χ3n) is 0.766. The molecule has 0 bridgehead atoms. The van der Waals surface area contributed by atoms with Gasteiger partial charge in [-0.05, 0) is 16.2 Å². The van der Waals surface area contributed by atoms with Crippen LogP contribution in [0.3, 0.4) is 0 Å². The van der Waals surface area contributed by atoms with Crippen molar-refractivity contribution >= 4 is 23.4 Å². The topological polar surface area (TPSA) is 12.5 Å². The summed E-state index contributed by atoms with van der Waals surface area (Å²) in [5.74, 6) is 0. The Morgan fingerprint density at radius 1 is 1.33 bits per heavy atom. The molecule has 1 atom stereocenters. The molecule has 1 aliphatic heterocycles. The van der Waals surface area contributed by atoms with Gasteiger partial charge in [-0.2, -0.15) is 13.2 Å². The number of nitrogens with zero attached hydrogens (tertiary/aromatic N) is 1. The van der Waals surface area contributed by atoms with Crippen molar-refractivity contribution in [1.82, 2.24) is 4.58 Å². The molecule has 0 aliphatic carbocycles. The van der Waals surface area contributed by atoms with Gasteiger partial charge in [-0.1, -0.05) is 0 Å². The third kappa shape index (κ3) is 0.797. The zero-order chi connectivity index (χ0) is 7.28. The molecule has 0 amide bonds. The molecule has 1 saturated heterocycles. The lowest BCUT2D eigenvalue weighted by molar-refractivity contribution is -0.485. The molecule has 0 aromatic heterocycles. The van der Waals surface area contributed by atoms with Crippen LogP contribution in [-0.2, 0) is 4.84 Å². The predicted octanol–water partition coefficient (Wildman–Crippen LogP) is 1.84. The van der Waals surface area contributed by atoms with Gasteiger partial charge >= 0.3 is 11.4 Å². The second-order valence-corrected chi connectivity index (χ2v) is 2.19. The van der Waals surface area contributed by atoms with E-state index in [0.717, 1.165) is 0 Å². The lowest BCUT2D eigenvalue weighted by atomic mass is 10.5. The Balaban J connectivity index is 2.70. The van der Waals surface area contributed by atoms with Crippen molar-refractivity contribution in [1.29, 1.82) is 0 Å². The molecule has 9 heavy (non-hydrogen) atoms. The highest BCUT2D eigenvalue weighted by molar-refractivity contribution is 6.24. The van der Waals surface area contributed by atoms with Crippen LogP contribution >= 0.6 is 23.4 Å². The quantitative estimate of drug-likeness (QED) is 0.322. The number of hydrogen-bond donors (Lipinski definition) is 0. The molecule has 0 N–H and O–H groups in total. The summed E-state index contributed by atoms with van der Waals surface area (Å²) in [7, 11) is 0. The molecule has 1 fully saturated rings. The van der Waals surface area contributed by atoms with Crippen molar-refractivity contribution in [2.24, 2.45) is 0 Å². The van der Waals surface area contributed by atoms with Gasteiger partial charge in [-0.3, -0.25) is 0 Å². The summed E-state index contributed by atoms with van der Waals surface area (Å²) in [4.78, 5) is 3.49. The van der Waals surface area contributed by atoms with Crippen LogP contribution in [-0.4, -0.2) is 15.9 Å². The van der Waals surface area contributed by atoms with Crippen LogP contribution < -0.4 is 0 Å². The SMILES string of the molecule is FC1(F)N(Cl)O[C@@]1(F)Cl. The van der Waals surface area contributed by atoms with Crippen LogP contribution in [0.5, 0.6) is 0 Å². The summed E-state index contributed by atoms with van der Waals surface area (Å²) in [5.41, 5.74) is 0. The highest BCUT2D eigenvalue weighted by atomic mass is 35.5. The first-order valence-corrected chi connectivity index (χ1v) is 2.50. The summed E-state index contributed by atoms with van der Waals surface area (Å²) in [5, 5.41) is -3.48. The number of alkyl halides is 4. The first kappa shape index (κ1) is 7.40. The minimum atomic E-state index is -3.95. The van der Waals surface area contributed by atoms with E-state index in [2.05, 4.69) is 28.2 Å². The Hall–Kier alpha value is 0.290. The maximum Gasteiger partial charge on any atom is 0.414 e. The smallest absolute Gasteiger partial charge is 0.215 e. The van der Waals surface area contributed by atoms with Gasteiger partial charge in [0.25, 0.3) is 0 Å². The number of hydroxylamine groups is 1. The van der Waals surface area contributed by atoms with Crippen molar-refractivity contribution in [3.05, 3.63) is 0 Å². The average molecular weight is 182 g/mol. The zero-order valence-electron chi connectivity index (χ0n) is 3.75. The summed E-state index contributed by atoms with van der Waals surface area (Å²) in [6.45, 7) is 0. The molecule has 0 aromatic carbocycles. The van der Waals surface area contributed by atoms with Gasteiger partial charge in [0.05, 0.1) is 0 Å². The van der Waals surface area contributed by atoms with Gasteiger partial charge in [-0.25, -0.2) is 4.84 Å². The van der Waals surface area contributed by atoms with Crippen LogP contribution in [0.15, 0.2) is 0 Å². The van der Waals surface area contributed by atoms with Crippen LogP contribution in [0, 0.1) is 0 Å². The number of hydrogen-bond acceptors (Lipinski definition) is 2. The number of rotatable bonds is 0. The van der Waals surface area contributed by atoms with Crippen molar-refractivity contribution in [2.75, 3.05) is 0 Å².